The summed E-state index contributed by atoms with van der Waals surface area (Å²) < 4.78 is 11.9. The van der Waals surface area contributed by atoms with Crippen LogP contribution in [-0.2, 0) is 11.3 Å². The first-order valence-corrected chi connectivity index (χ1v) is 6.90. The largest absolute Gasteiger partial charge is 0.462 e. The van der Waals surface area contributed by atoms with E-state index in [4.69, 9.17) is 9.15 Å². The van der Waals surface area contributed by atoms with Crippen LogP contribution in [0.5, 0.6) is 0 Å². The van der Waals surface area contributed by atoms with Crippen molar-refractivity contribution < 1.29 is 9.15 Å². The highest BCUT2D eigenvalue weighted by atomic mass is 79.9. The fourth-order valence-electron chi connectivity index (χ4n) is 1.72. The molecule has 1 atom stereocenters. The standard InChI is InChI=1S/C12H14BrNO2S/c1-14-12(8-5-11(13)17-7-8)10-4-3-9(16-10)6-15-2/h3-5,7,12,14H,6H2,1-2H3. The Morgan fingerprint density at radius 2 is 2.35 bits per heavy atom. The lowest BCUT2D eigenvalue weighted by molar-refractivity contribution is 0.162. The van der Waals surface area contributed by atoms with E-state index in [0.29, 0.717) is 6.61 Å². The Labute approximate surface area is 113 Å². The van der Waals surface area contributed by atoms with Crippen molar-refractivity contribution in [1.29, 1.82) is 0 Å². The minimum Gasteiger partial charge on any atom is -0.462 e. The molecule has 0 aliphatic heterocycles. The maximum atomic E-state index is 5.74. The van der Waals surface area contributed by atoms with Gasteiger partial charge in [0.25, 0.3) is 0 Å². The molecule has 0 radical (unpaired) electrons. The van der Waals surface area contributed by atoms with Crippen LogP contribution in [0.1, 0.15) is 23.1 Å². The highest BCUT2D eigenvalue weighted by molar-refractivity contribution is 9.11. The summed E-state index contributed by atoms with van der Waals surface area (Å²) in [5.41, 5.74) is 1.20. The third-order valence-corrected chi connectivity index (χ3v) is 3.99. The fourth-order valence-corrected chi connectivity index (χ4v) is 2.92. The van der Waals surface area contributed by atoms with Gasteiger partial charge in [-0.1, -0.05) is 0 Å². The normalized spacial score (nSPS) is 12.9. The summed E-state index contributed by atoms with van der Waals surface area (Å²) in [5, 5.41) is 5.37. The maximum Gasteiger partial charge on any atom is 0.129 e. The van der Waals surface area contributed by atoms with Gasteiger partial charge < -0.3 is 14.5 Å². The zero-order valence-corrected chi connectivity index (χ0v) is 12.1. The van der Waals surface area contributed by atoms with Crippen LogP contribution < -0.4 is 5.32 Å². The molecular formula is C12H14BrNO2S. The molecule has 0 aromatic carbocycles. The predicted molar refractivity (Wildman–Crippen MR) is 72.3 cm³/mol. The molecule has 5 heteroatoms. The highest BCUT2D eigenvalue weighted by Gasteiger charge is 2.17. The number of methoxy groups -OCH3 is 1. The summed E-state index contributed by atoms with van der Waals surface area (Å²) in [4.78, 5) is 0. The summed E-state index contributed by atoms with van der Waals surface area (Å²) in [6.45, 7) is 0.504. The van der Waals surface area contributed by atoms with Crippen LogP contribution in [0.25, 0.3) is 0 Å². The number of nitrogens with one attached hydrogen (secondary N) is 1. The summed E-state index contributed by atoms with van der Waals surface area (Å²) in [5.74, 6) is 1.75. The Morgan fingerprint density at radius 1 is 1.53 bits per heavy atom. The van der Waals surface area contributed by atoms with Crippen molar-refractivity contribution in [2.24, 2.45) is 0 Å². The maximum absolute atomic E-state index is 5.74. The number of hydrogen-bond donors (Lipinski definition) is 1. The highest BCUT2D eigenvalue weighted by Crippen LogP contribution is 2.30. The number of thiophene rings is 1. The second kappa shape index (κ2) is 5.82. The topological polar surface area (TPSA) is 34.4 Å². The van der Waals surface area contributed by atoms with Crippen LogP contribution >= 0.6 is 27.3 Å². The fraction of sp³-hybridized carbons (Fsp3) is 0.333. The summed E-state index contributed by atoms with van der Waals surface area (Å²) in [6, 6.07) is 6.12. The number of furan rings is 1. The minimum atomic E-state index is 0.0863. The molecule has 1 N–H and O–H groups in total. The van der Waals surface area contributed by atoms with Crippen molar-refractivity contribution in [3.63, 3.8) is 0 Å². The summed E-state index contributed by atoms with van der Waals surface area (Å²) >= 11 is 5.14. The van der Waals surface area contributed by atoms with E-state index in [-0.39, 0.29) is 6.04 Å². The Kier molecular flexibility index (Phi) is 4.39. The lowest BCUT2D eigenvalue weighted by Crippen LogP contribution is -2.16. The van der Waals surface area contributed by atoms with Crippen molar-refractivity contribution in [2.75, 3.05) is 14.2 Å². The van der Waals surface area contributed by atoms with Gasteiger partial charge in [-0.2, -0.15) is 0 Å². The molecule has 92 valence electrons. The zero-order chi connectivity index (χ0) is 12.3. The molecule has 0 amide bonds. The van der Waals surface area contributed by atoms with Crippen LogP contribution in [0.4, 0.5) is 0 Å². The van der Waals surface area contributed by atoms with Gasteiger partial charge in [0.1, 0.15) is 18.1 Å². The molecule has 0 saturated carbocycles. The third-order valence-electron chi connectivity index (χ3n) is 2.46. The summed E-state index contributed by atoms with van der Waals surface area (Å²) in [6.07, 6.45) is 0. The lowest BCUT2D eigenvalue weighted by atomic mass is 10.1. The van der Waals surface area contributed by atoms with Gasteiger partial charge in [0, 0.05) is 7.11 Å². The van der Waals surface area contributed by atoms with Crippen LogP contribution in [0.15, 0.2) is 31.8 Å². The van der Waals surface area contributed by atoms with Crippen LogP contribution in [0.2, 0.25) is 0 Å². The first-order valence-electron chi connectivity index (χ1n) is 5.23. The second-order valence-corrected chi connectivity index (χ2v) is 5.93. The average Bonchev–Trinajstić information content (AvgIpc) is 2.91. The molecule has 2 aromatic heterocycles. The minimum absolute atomic E-state index is 0.0863. The van der Waals surface area contributed by atoms with Crippen molar-refractivity contribution in [3.8, 4) is 0 Å². The lowest BCUT2D eigenvalue weighted by Gasteiger charge is -2.11. The molecule has 3 nitrogen and oxygen atoms in total. The molecule has 17 heavy (non-hydrogen) atoms. The van der Waals surface area contributed by atoms with Crippen LogP contribution in [-0.4, -0.2) is 14.2 Å². The van der Waals surface area contributed by atoms with Crippen molar-refractivity contribution in [3.05, 3.63) is 44.4 Å². The van der Waals surface area contributed by atoms with Crippen LogP contribution in [0.3, 0.4) is 0 Å². The number of halogens is 1. The van der Waals surface area contributed by atoms with Gasteiger partial charge in [-0.25, -0.2) is 0 Å². The first kappa shape index (κ1) is 12.8. The van der Waals surface area contributed by atoms with Crippen molar-refractivity contribution in [1.82, 2.24) is 5.32 Å². The molecule has 0 fully saturated rings. The van der Waals surface area contributed by atoms with Crippen molar-refractivity contribution >= 4 is 27.3 Å². The Balaban J connectivity index is 2.22. The molecule has 0 saturated heterocycles. The second-order valence-electron chi connectivity index (χ2n) is 3.64. The van der Waals surface area contributed by atoms with E-state index in [2.05, 4.69) is 32.7 Å². The molecule has 0 bridgehead atoms. The van der Waals surface area contributed by atoms with Crippen LogP contribution in [0, 0.1) is 0 Å². The van der Waals surface area contributed by atoms with E-state index in [9.17, 15) is 0 Å². The number of hydrogen-bond acceptors (Lipinski definition) is 4. The van der Waals surface area contributed by atoms with Gasteiger partial charge >= 0.3 is 0 Å². The molecule has 2 aromatic rings. The van der Waals surface area contributed by atoms with E-state index < -0.39 is 0 Å². The van der Waals surface area contributed by atoms with Gasteiger partial charge in [-0.15, -0.1) is 11.3 Å². The van der Waals surface area contributed by atoms with Gasteiger partial charge in [0.15, 0.2) is 0 Å². The number of rotatable bonds is 5. The smallest absolute Gasteiger partial charge is 0.129 e. The molecule has 0 spiro atoms. The molecule has 1 unspecified atom stereocenters. The molecule has 2 heterocycles. The molecular weight excluding hydrogens is 302 g/mol. The third kappa shape index (κ3) is 2.98. The van der Waals surface area contributed by atoms with E-state index >= 15 is 0 Å². The van der Waals surface area contributed by atoms with E-state index in [1.807, 2.05) is 19.2 Å². The SMILES string of the molecule is CNC(c1csc(Br)c1)c1ccc(COC)o1. The quantitative estimate of drug-likeness (QED) is 0.916. The average molecular weight is 316 g/mol. The van der Waals surface area contributed by atoms with E-state index in [1.165, 1.54) is 5.56 Å². The van der Waals surface area contributed by atoms with Gasteiger partial charge in [0.05, 0.1) is 9.83 Å². The Bertz CT molecular complexity index is 480. The van der Waals surface area contributed by atoms with Gasteiger partial charge in [0.2, 0.25) is 0 Å². The molecule has 2 rings (SSSR count). The van der Waals surface area contributed by atoms with Gasteiger partial charge in [-0.05, 0) is 52.1 Å². The monoisotopic (exact) mass is 315 g/mol. The molecule has 0 aliphatic rings. The predicted octanol–water partition coefficient (Wildman–Crippen LogP) is 3.56. The molecule has 0 aliphatic carbocycles. The number of ether oxygens (including phenoxy) is 1. The Hall–Kier alpha value is -0.620. The van der Waals surface area contributed by atoms with E-state index in [1.54, 1.807) is 18.4 Å². The van der Waals surface area contributed by atoms with E-state index in [0.717, 1.165) is 15.3 Å². The Morgan fingerprint density at radius 3 is 2.94 bits per heavy atom. The van der Waals surface area contributed by atoms with Crippen molar-refractivity contribution in [2.45, 2.75) is 12.6 Å². The van der Waals surface area contributed by atoms with Gasteiger partial charge in [-0.3, -0.25) is 0 Å². The first-order chi connectivity index (χ1) is 8.24. The zero-order valence-electron chi connectivity index (χ0n) is 9.70. The summed E-state index contributed by atoms with van der Waals surface area (Å²) in [7, 11) is 3.59.